The monoisotopic (exact) mass is 493 g/mol. The van der Waals surface area contributed by atoms with Gasteiger partial charge in [-0.3, -0.25) is 4.79 Å². The second-order valence-corrected chi connectivity index (χ2v) is 10.3. The van der Waals surface area contributed by atoms with Crippen molar-refractivity contribution >= 4 is 15.9 Å². The molecule has 0 radical (unpaired) electrons. The molecule has 9 heteroatoms. The number of nitriles is 1. The summed E-state index contributed by atoms with van der Waals surface area (Å²) in [5.74, 6) is -0.251. The molecule has 1 fully saturated rings. The van der Waals surface area contributed by atoms with Crippen LogP contribution in [0.15, 0.2) is 65.6 Å². The highest BCUT2D eigenvalue weighted by Crippen LogP contribution is 2.33. The van der Waals surface area contributed by atoms with Crippen LogP contribution in [-0.2, 0) is 10.0 Å². The van der Waals surface area contributed by atoms with Gasteiger partial charge in [0, 0.05) is 31.7 Å². The van der Waals surface area contributed by atoms with Crippen LogP contribution in [0.2, 0.25) is 0 Å². The molecule has 1 heterocycles. The molecule has 0 atom stereocenters. The zero-order chi connectivity index (χ0) is 25.2. The Bertz CT molecular complexity index is 1400. The van der Waals surface area contributed by atoms with E-state index < -0.39 is 15.8 Å². The van der Waals surface area contributed by atoms with E-state index in [1.54, 1.807) is 12.1 Å². The van der Waals surface area contributed by atoms with E-state index in [2.05, 4.69) is 0 Å². The lowest BCUT2D eigenvalue weighted by atomic mass is 10.1. The van der Waals surface area contributed by atoms with Crippen molar-refractivity contribution in [3.05, 3.63) is 88.7 Å². The Labute approximate surface area is 204 Å². The number of benzene rings is 3. The number of carbonyl (C=O) groups excluding carboxylic acids is 1. The van der Waals surface area contributed by atoms with Gasteiger partial charge < -0.3 is 9.64 Å². The number of amides is 1. The Morgan fingerprint density at radius 1 is 0.971 bits per heavy atom. The molecule has 0 saturated carbocycles. The van der Waals surface area contributed by atoms with Crippen LogP contribution in [-0.4, -0.2) is 49.7 Å². The molecular weight excluding hydrogens is 469 g/mol. The zero-order valence-electron chi connectivity index (χ0n) is 19.4. The second kappa shape index (κ2) is 9.86. The lowest BCUT2D eigenvalue weighted by Gasteiger charge is -2.34. The largest absolute Gasteiger partial charge is 0.456 e. The molecular formula is C26H24FN3O4S. The lowest BCUT2D eigenvalue weighted by Crippen LogP contribution is -2.50. The Morgan fingerprint density at radius 2 is 1.66 bits per heavy atom. The number of nitrogens with zero attached hydrogens (tertiary/aromatic N) is 3. The number of hydrogen-bond acceptors (Lipinski definition) is 5. The van der Waals surface area contributed by atoms with Gasteiger partial charge in [-0.2, -0.15) is 9.57 Å². The first-order valence-corrected chi connectivity index (χ1v) is 12.5. The van der Waals surface area contributed by atoms with Crippen LogP contribution >= 0.6 is 0 Å². The maximum absolute atomic E-state index is 13.6. The van der Waals surface area contributed by atoms with Gasteiger partial charge in [-0.1, -0.05) is 12.1 Å². The molecule has 7 nitrogen and oxygen atoms in total. The van der Waals surface area contributed by atoms with Crippen molar-refractivity contribution in [3.8, 4) is 17.6 Å². The number of rotatable bonds is 5. The van der Waals surface area contributed by atoms with E-state index in [9.17, 15) is 22.9 Å². The van der Waals surface area contributed by atoms with Gasteiger partial charge in [0.25, 0.3) is 5.91 Å². The molecule has 1 aliphatic heterocycles. The minimum Gasteiger partial charge on any atom is -0.456 e. The first-order valence-electron chi connectivity index (χ1n) is 11.0. The van der Waals surface area contributed by atoms with E-state index in [0.29, 0.717) is 5.75 Å². The number of halogens is 1. The highest BCUT2D eigenvalue weighted by Gasteiger charge is 2.33. The van der Waals surface area contributed by atoms with Crippen LogP contribution in [0.5, 0.6) is 11.5 Å². The summed E-state index contributed by atoms with van der Waals surface area (Å²) in [6, 6.07) is 17.3. The first-order chi connectivity index (χ1) is 16.7. The normalized spacial score (nSPS) is 14.4. The van der Waals surface area contributed by atoms with Crippen molar-refractivity contribution in [2.75, 3.05) is 26.2 Å². The fourth-order valence-electron chi connectivity index (χ4n) is 4.06. The SMILES string of the molecule is Cc1cc(C)cc(Oc2ccc(C#N)cc2S(=O)(=O)N2CCN(C(=O)c3cccc(F)c3)CC2)c1. The average molecular weight is 494 g/mol. The van der Waals surface area contributed by atoms with Gasteiger partial charge in [-0.05, 0) is 73.5 Å². The highest BCUT2D eigenvalue weighted by atomic mass is 32.2. The van der Waals surface area contributed by atoms with Crippen molar-refractivity contribution in [2.45, 2.75) is 18.7 Å². The van der Waals surface area contributed by atoms with Gasteiger partial charge in [-0.15, -0.1) is 0 Å². The zero-order valence-corrected chi connectivity index (χ0v) is 20.2. The molecule has 4 rings (SSSR count). The van der Waals surface area contributed by atoms with Gasteiger partial charge in [0.15, 0.2) is 0 Å². The lowest BCUT2D eigenvalue weighted by molar-refractivity contribution is 0.0697. The highest BCUT2D eigenvalue weighted by molar-refractivity contribution is 7.89. The van der Waals surface area contributed by atoms with Gasteiger partial charge >= 0.3 is 0 Å². The fourth-order valence-corrected chi connectivity index (χ4v) is 5.62. The summed E-state index contributed by atoms with van der Waals surface area (Å²) in [5, 5.41) is 9.34. The molecule has 1 aliphatic rings. The number of sulfonamides is 1. The summed E-state index contributed by atoms with van der Waals surface area (Å²) in [4.78, 5) is 14.1. The Balaban J connectivity index is 1.57. The number of piperazine rings is 1. The third-order valence-electron chi connectivity index (χ3n) is 5.71. The van der Waals surface area contributed by atoms with Crippen LogP contribution in [0.4, 0.5) is 4.39 Å². The topological polar surface area (TPSA) is 90.7 Å². The van der Waals surface area contributed by atoms with E-state index in [4.69, 9.17) is 4.74 Å². The Kier molecular flexibility index (Phi) is 6.87. The molecule has 0 aliphatic carbocycles. The van der Waals surface area contributed by atoms with Crippen LogP contribution in [0.3, 0.4) is 0 Å². The minimum atomic E-state index is -4.03. The average Bonchev–Trinajstić information content (AvgIpc) is 2.83. The number of carbonyl (C=O) groups is 1. The Morgan fingerprint density at radius 3 is 2.29 bits per heavy atom. The van der Waals surface area contributed by atoms with E-state index in [1.165, 1.54) is 45.6 Å². The van der Waals surface area contributed by atoms with Crippen LogP contribution in [0, 0.1) is 31.0 Å². The Hall–Kier alpha value is -3.74. The molecule has 1 amide bonds. The molecule has 3 aromatic carbocycles. The van der Waals surface area contributed by atoms with Crippen molar-refractivity contribution in [3.63, 3.8) is 0 Å². The molecule has 3 aromatic rings. The molecule has 0 bridgehead atoms. The summed E-state index contributed by atoms with van der Waals surface area (Å²) >= 11 is 0. The predicted octanol–water partition coefficient (Wildman–Crippen LogP) is 4.25. The van der Waals surface area contributed by atoms with E-state index >= 15 is 0 Å². The van der Waals surface area contributed by atoms with Crippen molar-refractivity contribution < 1.29 is 22.3 Å². The summed E-state index contributed by atoms with van der Waals surface area (Å²) in [5.41, 5.74) is 2.35. The fraction of sp³-hybridized carbons (Fsp3) is 0.231. The third kappa shape index (κ3) is 5.34. The van der Waals surface area contributed by atoms with E-state index in [-0.39, 0.29) is 53.9 Å². The van der Waals surface area contributed by atoms with Gasteiger partial charge in [0.2, 0.25) is 10.0 Å². The van der Waals surface area contributed by atoms with Crippen LogP contribution in [0.25, 0.3) is 0 Å². The second-order valence-electron chi connectivity index (χ2n) is 8.41. The molecule has 0 N–H and O–H groups in total. The first kappa shape index (κ1) is 24.4. The molecule has 35 heavy (non-hydrogen) atoms. The maximum Gasteiger partial charge on any atom is 0.254 e. The summed E-state index contributed by atoms with van der Waals surface area (Å²) in [6.45, 7) is 4.26. The van der Waals surface area contributed by atoms with Crippen molar-refractivity contribution in [2.24, 2.45) is 0 Å². The minimum absolute atomic E-state index is 0.0587. The van der Waals surface area contributed by atoms with Crippen molar-refractivity contribution in [1.29, 1.82) is 5.26 Å². The molecule has 1 saturated heterocycles. The van der Waals surface area contributed by atoms with Crippen LogP contribution < -0.4 is 4.74 Å². The van der Waals surface area contributed by atoms with E-state index in [0.717, 1.165) is 17.2 Å². The third-order valence-corrected chi connectivity index (χ3v) is 7.63. The predicted molar refractivity (Wildman–Crippen MR) is 128 cm³/mol. The number of aryl methyl sites for hydroxylation is 2. The number of hydrogen-bond donors (Lipinski definition) is 0. The van der Waals surface area contributed by atoms with Gasteiger partial charge in [-0.25, -0.2) is 12.8 Å². The summed E-state index contributed by atoms with van der Waals surface area (Å²) in [7, 11) is -4.03. The standard InChI is InChI=1S/C26H24FN3O4S/c1-18-12-19(2)14-23(13-18)34-24-7-6-20(17-28)15-25(24)35(32,33)30-10-8-29(9-11-30)26(31)21-4-3-5-22(27)16-21/h3-7,12-16H,8-11H2,1-2H3. The molecule has 0 aromatic heterocycles. The maximum atomic E-state index is 13.6. The van der Waals surface area contributed by atoms with Crippen LogP contribution in [0.1, 0.15) is 27.0 Å². The molecule has 0 unspecified atom stereocenters. The molecule has 180 valence electrons. The van der Waals surface area contributed by atoms with Crippen molar-refractivity contribution in [1.82, 2.24) is 9.21 Å². The smallest absolute Gasteiger partial charge is 0.254 e. The molecule has 0 spiro atoms. The van der Waals surface area contributed by atoms with Gasteiger partial charge in [0.1, 0.15) is 22.2 Å². The summed E-state index contributed by atoms with van der Waals surface area (Å²) in [6.07, 6.45) is 0. The summed E-state index contributed by atoms with van der Waals surface area (Å²) < 4.78 is 47.9. The van der Waals surface area contributed by atoms with Gasteiger partial charge in [0.05, 0.1) is 11.6 Å². The quantitative estimate of drug-likeness (QED) is 0.530. The van der Waals surface area contributed by atoms with E-state index in [1.807, 2.05) is 26.0 Å². The number of ether oxygens (including phenoxy) is 1.